The molecule has 2 amide bonds. The third-order valence-electron chi connectivity index (χ3n) is 6.68. The number of benzene rings is 3. The fourth-order valence-electron chi connectivity index (χ4n) is 4.34. The molecule has 3 rings (SSSR count). The van der Waals surface area contributed by atoms with Crippen LogP contribution < -0.4 is 5.32 Å². The summed E-state index contributed by atoms with van der Waals surface area (Å²) in [5.41, 5.74) is 1.79. The van der Waals surface area contributed by atoms with Gasteiger partial charge in [0, 0.05) is 44.5 Å². The second-order valence-corrected chi connectivity index (χ2v) is 12.2. The van der Waals surface area contributed by atoms with E-state index in [-0.39, 0.29) is 36.2 Å². The van der Waals surface area contributed by atoms with E-state index in [2.05, 4.69) is 12.2 Å². The van der Waals surface area contributed by atoms with E-state index in [1.807, 2.05) is 42.5 Å². The third kappa shape index (κ3) is 9.18. The summed E-state index contributed by atoms with van der Waals surface area (Å²) in [6, 6.07) is 24.3. The SMILES string of the molecule is CCCCNC(=O)[C@H](Cc1ccccc1)N(Cc1ccc(Cl)cc1)C(=O)CCCN(C)S(=O)(=O)c1ccccc1. The largest absolute Gasteiger partial charge is 0.354 e. The fraction of sp³-hybridized carbons (Fsp3) is 0.355. The summed E-state index contributed by atoms with van der Waals surface area (Å²) in [5, 5.41) is 3.59. The Labute approximate surface area is 243 Å². The zero-order valence-electron chi connectivity index (χ0n) is 23.1. The van der Waals surface area contributed by atoms with Gasteiger partial charge in [-0.05, 0) is 48.2 Å². The highest BCUT2D eigenvalue weighted by Crippen LogP contribution is 2.19. The third-order valence-corrected chi connectivity index (χ3v) is 8.80. The number of unbranched alkanes of at least 4 members (excludes halogenated alkanes) is 1. The van der Waals surface area contributed by atoms with Crippen LogP contribution in [0.5, 0.6) is 0 Å². The number of halogens is 1. The minimum absolute atomic E-state index is 0.0930. The lowest BCUT2D eigenvalue weighted by Gasteiger charge is -2.32. The molecule has 0 aliphatic carbocycles. The average Bonchev–Trinajstić information content (AvgIpc) is 2.96. The van der Waals surface area contributed by atoms with Gasteiger partial charge < -0.3 is 10.2 Å². The number of hydrogen-bond donors (Lipinski definition) is 1. The van der Waals surface area contributed by atoms with Crippen molar-refractivity contribution in [3.63, 3.8) is 0 Å². The van der Waals surface area contributed by atoms with E-state index < -0.39 is 16.1 Å². The Balaban J connectivity index is 1.80. The first-order chi connectivity index (χ1) is 19.2. The van der Waals surface area contributed by atoms with Crippen molar-refractivity contribution in [1.29, 1.82) is 0 Å². The molecule has 1 N–H and O–H groups in total. The van der Waals surface area contributed by atoms with Crippen molar-refractivity contribution in [3.8, 4) is 0 Å². The standard InChI is InChI=1S/C31H38ClN3O4S/c1-3-4-21-33-31(37)29(23-25-12-7-5-8-13-25)35(24-26-17-19-27(32)20-18-26)30(36)16-11-22-34(2)40(38,39)28-14-9-6-10-15-28/h5-10,12-15,17-20,29H,3-4,11,16,21-24H2,1-2H3,(H,33,37)/t29-/m0/s1. The summed E-state index contributed by atoms with van der Waals surface area (Å²) < 4.78 is 27.1. The molecule has 9 heteroatoms. The number of nitrogens with one attached hydrogen (secondary N) is 1. The van der Waals surface area contributed by atoms with E-state index >= 15 is 0 Å². The van der Waals surface area contributed by atoms with Gasteiger partial charge in [-0.25, -0.2) is 12.7 Å². The van der Waals surface area contributed by atoms with Crippen LogP contribution in [-0.4, -0.2) is 55.6 Å². The van der Waals surface area contributed by atoms with E-state index in [0.29, 0.717) is 24.4 Å². The molecular weight excluding hydrogens is 546 g/mol. The maximum absolute atomic E-state index is 13.7. The Morgan fingerprint density at radius 1 is 0.875 bits per heavy atom. The monoisotopic (exact) mass is 583 g/mol. The lowest BCUT2D eigenvalue weighted by Crippen LogP contribution is -2.50. The minimum atomic E-state index is -3.66. The van der Waals surface area contributed by atoms with Crippen molar-refractivity contribution in [2.45, 2.75) is 56.5 Å². The molecule has 0 heterocycles. The predicted octanol–water partition coefficient (Wildman–Crippen LogP) is 5.30. The van der Waals surface area contributed by atoms with Crippen LogP contribution in [0.1, 0.15) is 43.7 Å². The van der Waals surface area contributed by atoms with Crippen LogP contribution in [0.25, 0.3) is 0 Å². The van der Waals surface area contributed by atoms with Crippen molar-refractivity contribution >= 4 is 33.4 Å². The summed E-state index contributed by atoms with van der Waals surface area (Å²) >= 11 is 6.08. The maximum Gasteiger partial charge on any atom is 0.243 e. The lowest BCUT2D eigenvalue weighted by molar-refractivity contribution is -0.141. The molecule has 0 fully saturated rings. The van der Waals surface area contributed by atoms with Gasteiger partial charge in [0.2, 0.25) is 21.8 Å². The summed E-state index contributed by atoms with van der Waals surface area (Å²) in [6.45, 7) is 2.99. The zero-order valence-corrected chi connectivity index (χ0v) is 24.7. The smallest absolute Gasteiger partial charge is 0.243 e. The van der Waals surface area contributed by atoms with Gasteiger partial charge in [-0.1, -0.05) is 85.6 Å². The number of sulfonamides is 1. The molecule has 0 spiro atoms. The van der Waals surface area contributed by atoms with Gasteiger partial charge in [-0.3, -0.25) is 9.59 Å². The van der Waals surface area contributed by atoms with Crippen LogP contribution in [0.15, 0.2) is 89.8 Å². The first-order valence-corrected chi connectivity index (χ1v) is 15.4. The molecular formula is C31H38ClN3O4S. The Kier molecular flexibility index (Phi) is 12.2. The molecule has 0 radical (unpaired) electrons. The van der Waals surface area contributed by atoms with Crippen LogP contribution in [0, 0.1) is 0 Å². The fourth-order valence-corrected chi connectivity index (χ4v) is 5.69. The van der Waals surface area contributed by atoms with Gasteiger partial charge in [0.25, 0.3) is 0 Å². The van der Waals surface area contributed by atoms with Gasteiger partial charge in [-0.2, -0.15) is 0 Å². The molecule has 40 heavy (non-hydrogen) atoms. The Morgan fingerprint density at radius 2 is 1.50 bits per heavy atom. The highest BCUT2D eigenvalue weighted by molar-refractivity contribution is 7.89. The van der Waals surface area contributed by atoms with Gasteiger partial charge in [-0.15, -0.1) is 0 Å². The summed E-state index contributed by atoms with van der Waals surface area (Å²) in [6.07, 6.45) is 2.55. The quantitative estimate of drug-likeness (QED) is 0.246. The molecule has 7 nitrogen and oxygen atoms in total. The molecule has 0 bridgehead atoms. The molecule has 0 aliphatic heterocycles. The van der Waals surface area contributed by atoms with Crippen LogP contribution in [0.3, 0.4) is 0 Å². The molecule has 0 unspecified atom stereocenters. The van der Waals surface area contributed by atoms with Crippen LogP contribution in [0.2, 0.25) is 5.02 Å². The number of carbonyl (C=O) groups is 2. The van der Waals surface area contributed by atoms with Gasteiger partial charge in [0.15, 0.2) is 0 Å². The number of carbonyl (C=O) groups excluding carboxylic acids is 2. The van der Waals surface area contributed by atoms with Crippen molar-refractivity contribution in [2.24, 2.45) is 0 Å². The molecule has 0 saturated carbocycles. The van der Waals surface area contributed by atoms with Gasteiger partial charge in [0.1, 0.15) is 6.04 Å². The lowest BCUT2D eigenvalue weighted by atomic mass is 10.0. The Morgan fingerprint density at radius 3 is 2.12 bits per heavy atom. The normalized spacial score (nSPS) is 12.2. The average molecular weight is 584 g/mol. The van der Waals surface area contributed by atoms with Crippen molar-refractivity contribution in [1.82, 2.24) is 14.5 Å². The maximum atomic E-state index is 13.7. The van der Waals surface area contributed by atoms with Crippen molar-refractivity contribution in [2.75, 3.05) is 20.1 Å². The highest BCUT2D eigenvalue weighted by Gasteiger charge is 2.30. The molecule has 0 aromatic heterocycles. The summed E-state index contributed by atoms with van der Waals surface area (Å²) in [7, 11) is -2.15. The van der Waals surface area contributed by atoms with Crippen molar-refractivity contribution in [3.05, 3.63) is 101 Å². The molecule has 3 aromatic carbocycles. The minimum Gasteiger partial charge on any atom is -0.354 e. The molecule has 214 valence electrons. The van der Waals surface area contributed by atoms with E-state index in [1.165, 1.54) is 11.4 Å². The van der Waals surface area contributed by atoms with Gasteiger partial charge in [0.05, 0.1) is 4.90 Å². The van der Waals surface area contributed by atoms with E-state index in [4.69, 9.17) is 11.6 Å². The predicted molar refractivity (Wildman–Crippen MR) is 159 cm³/mol. The summed E-state index contributed by atoms with van der Waals surface area (Å²) in [5.74, 6) is -0.421. The second-order valence-electron chi connectivity index (χ2n) is 9.74. The molecule has 0 aliphatic rings. The van der Waals surface area contributed by atoms with Crippen LogP contribution in [-0.2, 0) is 32.6 Å². The Hall–Kier alpha value is -3.20. The highest BCUT2D eigenvalue weighted by atomic mass is 35.5. The first kappa shape index (κ1) is 31.3. The molecule has 0 saturated heterocycles. The molecule has 1 atom stereocenters. The first-order valence-electron chi connectivity index (χ1n) is 13.6. The topological polar surface area (TPSA) is 86.8 Å². The van der Waals surface area contributed by atoms with Gasteiger partial charge >= 0.3 is 0 Å². The number of rotatable bonds is 15. The Bertz CT molecular complexity index is 1320. The number of hydrogen-bond acceptors (Lipinski definition) is 4. The zero-order chi connectivity index (χ0) is 29.0. The van der Waals surface area contributed by atoms with E-state index in [1.54, 1.807) is 47.4 Å². The van der Waals surface area contributed by atoms with Crippen LogP contribution >= 0.6 is 11.6 Å². The van der Waals surface area contributed by atoms with E-state index in [9.17, 15) is 18.0 Å². The number of nitrogens with zero attached hydrogens (tertiary/aromatic N) is 2. The molecule has 3 aromatic rings. The van der Waals surface area contributed by atoms with Crippen LogP contribution in [0.4, 0.5) is 0 Å². The number of amides is 2. The van der Waals surface area contributed by atoms with Crippen molar-refractivity contribution < 1.29 is 18.0 Å². The van der Waals surface area contributed by atoms with E-state index in [0.717, 1.165) is 24.0 Å². The summed E-state index contributed by atoms with van der Waals surface area (Å²) in [4.78, 5) is 29.0. The second kappa shape index (κ2) is 15.6.